The maximum atomic E-state index is 13.1. The molecule has 3 heterocycles. The van der Waals surface area contributed by atoms with E-state index in [-0.39, 0.29) is 17.4 Å². The molecule has 1 atom stereocenters. The summed E-state index contributed by atoms with van der Waals surface area (Å²) in [5, 5.41) is 9.51. The Labute approximate surface area is 206 Å². The fourth-order valence-electron chi connectivity index (χ4n) is 4.23. The molecule has 0 radical (unpaired) electrons. The van der Waals surface area contributed by atoms with Gasteiger partial charge in [-0.3, -0.25) is 4.79 Å². The van der Waals surface area contributed by atoms with Gasteiger partial charge in [0, 0.05) is 22.7 Å². The van der Waals surface area contributed by atoms with Crippen molar-refractivity contribution in [3.05, 3.63) is 76.4 Å². The van der Waals surface area contributed by atoms with Crippen LogP contribution in [0.4, 0.5) is 0 Å². The van der Waals surface area contributed by atoms with E-state index in [9.17, 15) is 13.2 Å². The molecule has 1 unspecified atom stereocenters. The molecule has 1 aliphatic rings. The number of halogens is 2. The highest BCUT2D eigenvalue weighted by Crippen LogP contribution is 2.34. The van der Waals surface area contributed by atoms with Gasteiger partial charge < -0.3 is 5.32 Å². The average Bonchev–Trinajstić information content (AvgIpc) is 3.30. The second-order valence-electron chi connectivity index (χ2n) is 8.66. The first-order chi connectivity index (χ1) is 16.1. The lowest BCUT2D eigenvalue weighted by Crippen LogP contribution is -2.46. The quantitative estimate of drug-likeness (QED) is 0.425. The second-order valence-corrected chi connectivity index (χ2v) is 11.7. The van der Waals surface area contributed by atoms with Crippen LogP contribution < -0.4 is 5.32 Å². The number of hydrogen-bond acceptors (Lipinski definition) is 5. The van der Waals surface area contributed by atoms with Gasteiger partial charge in [-0.25, -0.2) is 18.1 Å². The molecule has 174 valence electrons. The van der Waals surface area contributed by atoms with Crippen molar-refractivity contribution in [2.75, 3.05) is 11.5 Å². The van der Waals surface area contributed by atoms with Crippen LogP contribution in [0.5, 0.6) is 0 Å². The SMILES string of the molecule is CC1(NC(=O)c2ccc3c(-c4ccccc4Cl)nn(-c4ccc(Cl)cn4)c3c2)CCS(=O)(=O)C1. The van der Waals surface area contributed by atoms with Crippen molar-refractivity contribution in [3.8, 4) is 17.1 Å². The Morgan fingerprint density at radius 1 is 1.12 bits per heavy atom. The van der Waals surface area contributed by atoms with Crippen LogP contribution in [0.3, 0.4) is 0 Å². The minimum Gasteiger partial charge on any atom is -0.346 e. The summed E-state index contributed by atoms with van der Waals surface area (Å²) in [6.45, 7) is 1.76. The third kappa shape index (κ3) is 4.29. The monoisotopic (exact) mass is 514 g/mol. The van der Waals surface area contributed by atoms with E-state index in [0.29, 0.717) is 39.1 Å². The van der Waals surface area contributed by atoms with E-state index in [1.807, 2.05) is 24.3 Å². The third-order valence-electron chi connectivity index (χ3n) is 5.92. The van der Waals surface area contributed by atoms with E-state index in [0.717, 1.165) is 10.9 Å². The van der Waals surface area contributed by atoms with Gasteiger partial charge in [-0.15, -0.1) is 0 Å². The number of benzene rings is 2. The molecule has 7 nitrogen and oxygen atoms in total. The molecular formula is C24H20Cl2N4O3S. The van der Waals surface area contributed by atoms with Crippen LogP contribution in [0.25, 0.3) is 28.0 Å². The molecule has 4 aromatic rings. The van der Waals surface area contributed by atoms with Crippen molar-refractivity contribution in [1.29, 1.82) is 0 Å². The first-order valence-electron chi connectivity index (χ1n) is 10.6. The summed E-state index contributed by atoms with van der Waals surface area (Å²) in [7, 11) is -3.15. The van der Waals surface area contributed by atoms with Crippen LogP contribution in [-0.2, 0) is 9.84 Å². The fourth-order valence-corrected chi connectivity index (χ4v) is 6.66. The molecule has 0 bridgehead atoms. The van der Waals surface area contributed by atoms with Crippen LogP contribution in [0.1, 0.15) is 23.7 Å². The lowest BCUT2D eigenvalue weighted by atomic mass is 10.0. The van der Waals surface area contributed by atoms with Crippen LogP contribution in [0.15, 0.2) is 60.8 Å². The molecule has 1 saturated heterocycles. The minimum absolute atomic E-state index is 0.0685. The summed E-state index contributed by atoms with van der Waals surface area (Å²) in [6, 6.07) is 16.1. The van der Waals surface area contributed by atoms with Crippen molar-refractivity contribution >= 4 is 49.8 Å². The lowest BCUT2D eigenvalue weighted by molar-refractivity contribution is 0.0915. The van der Waals surface area contributed by atoms with E-state index >= 15 is 0 Å². The van der Waals surface area contributed by atoms with E-state index in [1.165, 1.54) is 6.20 Å². The van der Waals surface area contributed by atoms with E-state index in [1.54, 1.807) is 41.9 Å². The second kappa shape index (κ2) is 8.37. The van der Waals surface area contributed by atoms with Gasteiger partial charge in [-0.1, -0.05) is 41.4 Å². The van der Waals surface area contributed by atoms with Crippen molar-refractivity contribution in [3.63, 3.8) is 0 Å². The number of pyridine rings is 1. The molecule has 1 aliphatic heterocycles. The molecule has 2 aromatic carbocycles. The van der Waals surface area contributed by atoms with E-state index in [2.05, 4.69) is 10.3 Å². The summed E-state index contributed by atoms with van der Waals surface area (Å²) in [5.41, 5.74) is 1.65. The van der Waals surface area contributed by atoms with Crippen LogP contribution in [0, 0.1) is 0 Å². The average molecular weight is 515 g/mol. The highest BCUT2D eigenvalue weighted by Gasteiger charge is 2.39. The first-order valence-corrected chi connectivity index (χ1v) is 13.1. The Hall–Kier alpha value is -2.94. The predicted molar refractivity (Wildman–Crippen MR) is 133 cm³/mol. The summed E-state index contributed by atoms with van der Waals surface area (Å²) in [5.74, 6) is 0.174. The largest absolute Gasteiger partial charge is 0.346 e. The summed E-state index contributed by atoms with van der Waals surface area (Å²) in [6.07, 6.45) is 1.91. The number of fused-ring (bicyclic) bond motifs is 1. The highest BCUT2D eigenvalue weighted by molar-refractivity contribution is 7.91. The van der Waals surface area contributed by atoms with Crippen molar-refractivity contribution in [2.24, 2.45) is 0 Å². The van der Waals surface area contributed by atoms with Crippen molar-refractivity contribution < 1.29 is 13.2 Å². The molecule has 10 heteroatoms. The molecule has 2 aromatic heterocycles. The Morgan fingerprint density at radius 3 is 2.59 bits per heavy atom. The molecular weight excluding hydrogens is 495 g/mol. The van der Waals surface area contributed by atoms with Crippen LogP contribution in [-0.4, -0.2) is 46.1 Å². The number of carbonyl (C=O) groups is 1. The molecule has 1 N–H and O–H groups in total. The molecule has 0 saturated carbocycles. The van der Waals surface area contributed by atoms with Crippen LogP contribution >= 0.6 is 23.2 Å². The Bertz CT molecular complexity index is 1530. The first kappa shape index (κ1) is 22.8. The van der Waals surface area contributed by atoms with Gasteiger partial charge in [0.1, 0.15) is 5.69 Å². The highest BCUT2D eigenvalue weighted by atomic mass is 35.5. The smallest absolute Gasteiger partial charge is 0.251 e. The standard InChI is InChI=1S/C24H20Cl2N4O3S/c1-24(10-11-34(32,33)14-24)28-23(31)15-6-8-18-20(12-15)30(21-9-7-16(25)13-27-21)29-22(18)17-4-2-3-5-19(17)26/h2-9,12-13H,10-11,14H2,1H3,(H,28,31). The third-order valence-corrected chi connectivity index (χ3v) is 8.38. The Balaban J connectivity index is 1.62. The molecule has 34 heavy (non-hydrogen) atoms. The zero-order valence-electron chi connectivity index (χ0n) is 18.1. The molecule has 5 rings (SSSR count). The summed E-state index contributed by atoms with van der Waals surface area (Å²) >= 11 is 12.5. The molecule has 0 aliphatic carbocycles. The van der Waals surface area contributed by atoms with E-state index < -0.39 is 15.4 Å². The van der Waals surface area contributed by atoms with Gasteiger partial charge in [0.25, 0.3) is 5.91 Å². The number of hydrogen-bond donors (Lipinski definition) is 1. The van der Waals surface area contributed by atoms with Gasteiger partial charge in [0.05, 0.1) is 32.6 Å². The van der Waals surface area contributed by atoms with Gasteiger partial charge >= 0.3 is 0 Å². The number of sulfone groups is 1. The zero-order valence-corrected chi connectivity index (χ0v) is 20.5. The topological polar surface area (TPSA) is 93.9 Å². The minimum atomic E-state index is -3.15. The summed E-state index contributed by atoms with van der Waals surface area (Å²) in [4.78, 5) is 17.5. The number of rotatable bonds is 4. The fraction of sp³-hybridized carbons (Fsp3) is 0.208. The molecule has 1 fully saturated rings. The molecule has 0 spiro atoms. The summed E-state index contributed by atoms with van der Waals surface area (Å²) < 4.78 is 25.5. The number of carbonyl (C=O) groups excluding carboxylic acids is 1. The van der Waals surface area contributed by atoms with E-state index in [4.69, 9.17) is 28.3 Å². The Morgan fingerprint density at radius 2 is 1.91 bits per heavy atom. The number of aromatic nitrogens is 3. The van der Waals surface area contributed by atoms with Gasteiger partial charge in [0.15, 0.2) is 15.7 Å². The maximum absolute atomic E-state index is 13.1. The van der Waals surface area contributed by atoms with Gasteiger partial charge in [-0.2, -0.15) is 5.10 Å². The maximum Gasteiger partial charge on any atom is 0.251 e. The number of nitrogens with zero attached hydrogens (tertiary/aromatic N) is 3. The Kier molecular flexibility index (Phi) is 5.62. The number of nitrogens with one attached hydrogen (secondary N) is 1. The predicted octanol–water partition coefficient (Wildman–Crippen LogP) is 4.70. The molecule has 1 amide bonds. The van der Waals surface area contributed by atoms with Gasteiger partial charge in [-0.05, 0) is 49.7 Å². The number of amides is 1. The zero-order chi connectivity index (χ0) is 24.1. The van der Waals surface area contributed by atoms with Gasteiger partial charge in [0.2, 0.25) is 0 Å². The van der Waals surface area contributed by atoms with Crippen molar-refractivity contribution in [1.82, 2.24) is 20.1 Å². The van der Waals surface area contributed by atoms with Crippen molar-refractivity contribution in [2.45, 2.75) is 18.9 Å². The lowest BCUT2D eigenvalue weighted by Gasteiger charge is -2.23. The normalized spacial score (nSPS) is 19.4. The van der Waals surface area contributed by atoms with Crippen LogP contribution in [0.2, 0.25) is 10.0 Å².